The summed E-state index contributed by atoms with van der Waals surface area (Å²) in [6.07, 6.45) is 0.622. The molecule has 0 saturated carbocycles. The smallest absolute Gasteiger partial charge is 0.404 e. The van der Waals surface area contributed by atoms with Crippen molar-refractivity contribution in [1.82, 2.24) is 9.55 Å². The predicted molar refractivity (Wildman–Crippen MR) is 115 cm³/mol. The maximum atomic E-state index is 13.2. The summed E-state index contributed by atoms with van der Waals surface area (Å²) in [5.74, 6) is 0.399. The highest BCUT2D eigenvalue weighted by Crippen LogP contribution is 2.35. The third-order valence-electron chi connectivity index (χ3n) is 5.41. The number of nitriles is 1. The Kier molecular flexibility index (Phi) is 6.25. The number of primary amides is 1. The SMILES string of the molecule is Cn1c(N2CCC(C)(COC(N)=O)CC2)nc(C#N)c(-c2cccc(Cl)c2Cl)c1=O. The number of benzene rings is 1. The Morgan fingerprint density at radius 3 is 2.63 bits per heavy atom. The van der Waals surface area contributed by atoms with E-state index in [-0.39, 0.29) is 38.9 Å². The van der Waals surface area contributed by atoms with Gasteiger partial charge in [-0.2, -0.15) is 5.26 Å². The van der Waals surface area contributed by atoms with Crippen LogP contribution in [0.1, 0.15) is 25.5 Å². The largest absolute Gasteiger partial charge is 0.449 e. The van der Waals surface area contributed by atoms with Gasteiger partial charge in [0.2, 0.25) is 5.95 Å². The molecule has 10 heteroatoms. The monoisotopic (exact) mass is 449 g/mol. The fourth-order valence-corrected chi connectivity index (χ4v) is 3.93. The highest BCUT2D eigenvalue weighted by molar-refractivity contribution is 6.43. The molecular weight excluding hydrogens is 429 g/mol. The van der Waals surface area contributed by atoms with Crippen LogP contribution in [-0.4, -0.2) is 35.3 Å². The van der Waals surface area contributed by atoms with Crippen LogP contribution in [0, 0.1) is 16.7 Å². The summed E-state index contributed by atoms with van der Waals surface area (Å²) in [7, 11) is 1.61. The van der Waals surface area contributed by atoms with Crippen LogP contribution in [0.2, 0.25) is 10.0 Å². The molecule has 0 atom stereocenters. The molecule has 158 valence electrons. The third-order valence-corrected chi connectivity index (χ3v) is 6.23. The first kappa shape index (κ1) is 21.9. The van der Waals surface area contributed by atoms with Crippen molar-refractivity contribution in [2.75, 3.05) is 24.6 Å². The summed E-state index contributed by atoms with van der Waals surface area (Å²) in [6, 6.07) is 6.92. The Morgan fingerprint density at radius 1 is 1.37 bits per heavy atom. The van der Waals surface area contributed by atoms with Gasteiger partial charge in [0.25, 0.3) is 5.56 Å². The minimum absolute atomic E-state index is 0.0114. The Labute approximate surface area is 183 Å². The fourth-order valence-electron chi connectivity index (χ4n) is 3.53. The van der Waals surface area contributed by atoms with E-state index in [0.717, 1.165) is 0 Å². The summed E-state index contributed by atoms with van der Waals surface area (Å²) in [6.45, 7) is 3.42. The number of nitrogens with zero attached hydrogens (tertiary/aromatic N) is 4. The van der Waals surface area contributed by atoms with E-state index < -0.39 is 6.09 Å². The van der Waals surface area contributed by atoms with Crippen LogP contribution in [0.5, 0.6) is 0 Å². The molecule has 1 aromatic carbocycles. The summed E-state index contributed by atoms with van der Waals surface area (Å²) in [4.78, 5) is 30.5. The van der Waals surface area contributed by atoms with Crippen molar-refractivity contribution < 1.29 is 9.53 Å². The lowest BCUT2D eigenvalue weighted by Crippen LogP contribution is -2.44. The minimum Gasteiger partial charge on any atom is -0.449 e. The molecule has 8 nitrogen and oxygen atoms in total. The van der Waals surface area contributed by atoms with Crippen molar-refractivity contribution in [3.05, 3.63) is 44.3 Å². The molecule has 0 unspecified atom stereocenters. The van der Waals surface area contributed by atoms with E-state index in [0.29, 0.717) is 37.4 Å². The molecule has 1 aromatic heterocycles. The van der Waals surface area contributed by atoms with Crippen LogP contribution in [0.4, 0.5) is 10.7 Å². The van der Waals surface area contributed by atoms with E-state index in [4.69, 9.17) is 33.7 Å². The fraction of sp³-hybridized carbons (Fsp3) is 0.400. The van der Waals surface area contributed by atoms with E-state index in [2.05, 4.69) is 4.98 Å². The van der Waals surface area contributed by atoms with Gasteiger partial charge in [-0.1, -0.05) is 42.3 Å². The summed E-state index contributed by atoms with van der Waals surface area (Å²) in [5.41, 5.74) is 4.95. The Morgan fingerprint density at radius 2 is 2.03 bits per heavy atom. The molecule has 2 aromatic rings. The van der Waals surface area contributed by atoms with Gasteiger partial charge in [-0.05, 0) is 18.9 Å². The molecule has 1 saturated heterocycles. The first-order valence-corrected chi connectivity index (χ1v) is 10.0. The second-order valence-corrected chi connectivity index (χ2v) is 8.40. The van der Waals surface area contributed by atoms with Crippen LogP contribution in [0.15, 0.2) is 23.0 Å². The van der Waals surface area contributed by atoms with Gasteiger partial charge in [0, 0.05) is 31.1 Å². The van der Waals surface area contributed by atoms with Crippen LogP contribution in [-0.2, 0) is 11.8 Å². The zero-order chi connectivity index (χ0) is 22.1. The first-order chi connectivity index (χ1) is 14.2. The van der Waals surface area contributed by atoms with Gasteiger partial charge in [-0.3, -0.25) is 9.36 Å². The number of hydrogen-bond donors (Lipinski definition) is 1. The number of rotatable bonds is 4. The number of hydrogen-bond acceptors (Lipinski definition) is 6. The van der Waals surface area contributed by atoms with Gasteiger partial charge in [-0.25, -0.2) is 9.78 Å². The molecule has 0 radical (unpaired) electrons. The second-order valence-electron chi connectivity index (χ2n) is 7.62. The molecule has 1 aliphatic rings. The van der Waals surface area contributed by atoms with Crippen molar-refractivity contribution in [3.8, 4) is 17.2 Å². The number of piperidine rings is 1. The van der Waals surface area contributed by atoms with Crippen molar-refractivity contribution in [2.45, 2.75) is 19.8 Å². The number of nitrogens with two attached hydrogens (primary N) is 1. The second kappa shape index (κ2) is 8.54. The summed E-state index contributed by atoms with van der Waals surface area (Å²) >= 11 is 12.4. The zero-order valence-electron chi connectivity index (χ0n) is 16.6. The van der Waals surface area contributed by atoms with Crippen molar-refractivity contribution in [2.24, 2.45) is 18.2 Å². The molecule has 3 rings (SSSR count). The van der Waals surface area contributed by atoms with Crippen molar-refractivity contribution >= 4 is 35.2 Å². The lowest BCUT2D eigenvalue weighted by molar-refractivity contribution is 0.0816. The van der Waals surface area contributed by atoms with E-state index in [1.54, 1.807) is 25.2 Å². The molecule has 0 spiro atoms. The molecular formula is C20H21Cl2N5O3. The molecule has 1 aliphatic heterocycles. The molecule has 1 fully saturated rings. The molecule has 2 heterocycles. The average molecular weight is 450 g/mol. The Bertz CT molecular complexity index is 1090. The van der Waals surface area contributed by atoms with Crippen LogP contribution in [0.3, 0.4) is 0 Å². The first-order valence-electron chi connectivity index (χ1n) is 9.29. The van der Waals surface area contributed by atoms with E-state index in [1.165, 1.54) is 4.57 Å². The van der Waals surface area contributed by atoms with Crippen molar-refractivity contribution in [3.63, 3.8) is 0 Å². The van der Waals surface area contributed by atoms with Crippen LogP contribution < -0.4 is 16.2 Å². The summed E-state index contributed by atoms with van der Waals surface area (Å²) in [5, 5.41) is 10.2. The Hall–Kier alpha value is -2.76. The van der Waals surface area contributed by atoms with Gasteiger partial charge < -0.3 is 15.4 Å². The lowest BCUT2D eigenvalue weighted by Gasteiger charge is -2.39. The predicted octanol–water partition coefficient (Wildman–Crippen LogP) is 3.33. The molecule has 0 bridgehead atoms. The van der Waals surface area contributed by atoms with Crippen LogP contribution >= 0.6 is 23.2 Å². The number of anilines is 1. The van der Waals surface area contributed by atoms with Gasteiger partial charge in [-0.15, -0.1) is 0 Å². The standard InChI is InChI=1S/C20H21Cl2N5O3/c1-20(11-30-18(24)29)6-8-27(9-7-20)19-25-14(10-23)15(17(28)26(19)2)12-4-3-5-13(21)16(12)22/h3-5H,6-9,11H2,1-2H3,(H2,24,29). The highest BCUT2D eigenvalue weighted by atomic mass is 35.5. The number of ether oxygens (including phenoxy) is 1. The Balaban J connectivity index is 1.95. The quantitative estimate of drug-likeness (QED) is 0.765. The van der Waals surface area contributed by atoms with Gasteiger partial charge in [0.1, 0.15) is 6.07 Å². The zero-order valence-corrected chi connectivity index (χ0v) is 18.1. The van der Waals surface area contributed by atoms with Gasteiger partial charge >= 0.3 is 6.09 Å². The van der Waals surface area contributed by atoms with E-state index >= 15 is 0 Å². The molecule has 30 heavy (non-hydrogen) atoms. The number of amides is 1. The average Bonchev–Trinajstić information content (AvgIpc) is 2.72. The van der Waals surface area contributed by atoms with Gasteiger partial charge in [0.05, 0.1) is 22.2 Å². The third kappa shape index (κ3) is 4.23. The normalized spacial score (nSPS) is 15.5. The number of aromatic nitrogens is 2. The maximum Gasteiger partial charge on any atom is 0.404 e. The number of carbonyl (C=O) groups is 1. The maximum absolute atomic E-state index is 13.2. The topological polar surface area (TPSA) is 114 Å². The van der Waals surface area contributed by atoms with Crippen LogP contribution in [0.25, 0.3) is 11.1 Å². The minimum atomic E-state index is -0.795. The van der Waals surface area contributed by atoms with E-state index in [1.807, 2.05) is 17.9 Å². The van der Waals surface area contributed by atoms with E-state index in [9.17, 15) is 14.9 Å². The molecule has 1 amide bonds. The lowest BCUT2D eigenvalue weighted by atomic mass is 9.81. The number of halogens is 2. The number of carbonyl (C=O) groups excluding carboxylic acids is 1. The van der Waals surface area contributed by atoms with Gasteiger partial charge in [0.15, 0.2) is 5.69 Å². The molecule has 0 aliphatic carbocycles. The highest BCUT2D eigenvalue weighted by Gasteiger charge is 2.33. The molecule has 2 N–H and O–H groups in total. The van der Waals surface area contributed by atoms with Crippen molar-refractivity contribution in [1.29, 1.82) is 5.26 Å². The summed E-state index contributed by atoms with van der Waals surface area (Å²) < 4.78 is 6.39.